The monoisotopic (exact) mass is 408 g/mol. The third-order valence-electron chi connectivity index (χ3n) is 4.57. The molecule has 144 valence electrons. The number of rotatable bonds is 5. The van der Waals surface area contributed by atoms with Crippen molar-refractivity contribution in [2.24, 2.45) is 5.92 Å². The number of piperidine rings is 1. The average molecular weight is 409 g/mol. The first kappa shape index (κ1) is 19.7. The molecule has 1 aliphatic heterocycles. The second kappa shape index (κ2) is 8.29. The molecular formula is C19H21ClN2O4S. The summed E-state index contributed by atoms with van der Waals surface area (Å²) in [6, 6.07) is 13.2. The van der Waals surface area contributed by atoms with Crippen molar-refractivity contribution in [1.29, 1.82) is 0 Å². The number of nitrogens with one attached hydrogen (secondary N) is 1. The van der Waals surface area contributed by atoms with Gasteiger partial charge in [-0.25, -0.2) is 8.42 Å². The van der Waals surface area contributed by atoms with E-state index in [1.165, 1.54) is 23.5 Å². The molecule has 0 unspecified atom stereocenters. The van der Waals surface area contributed by atoms with Crippen LogP contribution >= 0.6 is 11.6 Å². The molecule has 1 saturated heterocycles. The minimum atomic E-state index is -3.66. The highest BCUT2D eigenvalue weighted by molar-refractivity contribution is 7.89. The van der Waals surface area contributed by atoms with E-state index in [0.29, 0.717) is 35.8 Å². The highest BCUT2D eigenvalue weighted by Crippen LogP contribution is 2.28. The Morgan fingerprint density at radius 1 is 1.19 bits per heavy atom. The van der Waals surface area contributed by atoms with E-state index in [0.717, 1.165) is 0 Å². The van der Waals surface area contributed by atoms with Crippen molar-refractivity contribution in [3.05, 3.63) is 53.6 Å². The number of hydrogen-bond acceptors (Lipinski definition) is 4. The molecule has 1 fully saturated rings. The Morgan fingerprint density at radius 3 is 2.59 bits per heavy atom. The average Bonchev–Trinajstić information content (AvgIpc) is 2.69. The molecule has 27 heavy (non-hydrogen) atoms. The topological polar surface area (TPSA) is 75.7 Å². The van der Waals surface area contributed by atoms with Gasteiger partial charge in [0.05, 0.1) is 23.6 Å². The number of hydrogen-bond donors (Lipinski definition) is 1. The van der Waals surface area contributed by atoms with Crippen molar-refractivity contribution in [1.82, 2.24) is 4.31 Å². The molecule has 1 atom stereocenters. The van der Waals surface area contributed by atoms with E-state index in [1.807, 2.05) is 6.07 Å². The summed E-state index contributed by atoms with van der Waals surface area (Å²) in [6.45, 7) is 0.537. The van der Waals surface area contributed by atoms with Crippen LogP contribution in [0.2, 0.25) is 5.02 Å². The molecule has 6 nitrogen and oxygen atoms in total. The Balaban J connectivity index is 1.73. The van der Waals surface area contributed by atoms with Gasteiger partial charge in [-0.1, -0.05) is 23.7 Å². The van der Waals surface area contributed by atoms with Gasteiger partial charge in [0.1, 0.15) is 5.75 Å². The van der Waals surface area contributed by atoms with Gasteiger partial charge >= 0.3 is 0 Å². The number of benzene rings is 2. The highest BCUT2D eigenvalue weighted by Gasteiger charge is 2.33. The van der Waals surface area contributed by atoms with Crippen molar-refractivity contribution in [2.45, 2.75) is 17.7 Å². The van der Waals surface area contributed by atoms with Crippen LogP contribution in [0.4, 0.5) is 5.69 Å². The van der Waals surface area contributed by atoms with Crippen LogP contribution in [0.1, 0.15) is 12.8 Å². The van der Waals surface area contributed by atoms with Crippen LogP contribution in [-0.2, 0) is 14.8 Å². The number of sulfonamides is 1. The number of methoxy groups -OCH3 is 1. The van der Waals surface area contributed by atoms with Crippen LogP contribution in [0.25, 0.3) is 0 Å². The fourth-order valence-corrected chi connectivity index (χ4v) is 4.76. The van der Waals surface area contributed by atoms with Gasteiger partial charge in [0.2, 0.25) is 15.9 Å². The first-order valence-corrected chi connectivity index (χ1v) is 10.4. The molecule has 0 aliphatic carbocycles. The molecule has 0 aromatic heterocycles. The number of nitrogens with zero attached hydrogens (tertiary/aromatic N) is 1. The normalized spacial score (nSPS) is 18.1. The van der Waals surface area contributed by atoms with Gasteiger partial charge in [-0.15, -0.1) is 0 Å². The van der Waals surface area contributed by atoms with Gasteiger partial charge in [-0.2, -0.15) is 4.31 Å². The van der Waals surface area contributed by atoms with E-state index >= 15 is 0 Å². The first-order chi connectivity index (χ1) is 12.9. The number of anilines is 1. The van der Waals surface area contributed by atoms with Crippen molar-refractivity contribution >= 4 is 33.2 Å². The standard InChI is InChI=1S/C19H21ClN2O4S/c1-26-18-7-3-2-6-17(18)21-19(23)14-5-4-12-22(13-14)27(24,25)16-10-8-15(20)9-11-16/h2-3,6-11,14H,4-5,12-13H2,1H3,(H,21,23)/t14-/m0/s1. The Kier molecular flexibility index (Phi) is 6.04. The van der Waals surface area contributed by atoms with Gasteiger partial charge in [0, 0.05) is 18.1 Å². The predicted octanol–water partition coefficient (Wildman–Crippen LogP) is 3.39. The third kappa shape index (κ3) is 4.43. The lowest BCUT2D eigenvalue weighted by molar-refractivity contribution is -0.120. The summed E-state index contributed by atoms with van der Waals surface area (Å²) >= 11 is 5.84. The number of ether oxygens (including phenoxy) is 1. The summed E-state index contributed by atoms with van der Waals surface area (Å²) in [6.07, 6.45) is 1.25. The zero-order valence-electron chi connectivity index (χ0n) is 14.9. The van der Waals surface area contributed by atoms with Gasteiger partial charge in [-0.3, -0.25) is 4.79 Å². The first-order valence-electron chi connectivity index (χ1n) is 8.61. The largest absolute Gasteiger partial charge is 0.495 e. The molecule has 0 spiro atoms. The smallest absolute Gasteiger partial charge is 0.243 e. The zero-order valence-corrected chi connectivity index (χ0v) is 16.5. The maximum Gasteiger partial charge on any atom is 0.243 e. The van der Waals surface area contributed by atoms with Gasteiger partial charge in [-0.05, 0) is 49.2 Å². The molecule has 3 rings (SSSR count). The molecule has 2 aromatic carbocycles. The van der Waals surface area contributed by atoms with E-state index in [-0.39, 0.29) is 17.3 Å². The van der Waals surface area contributed by atoms with Crippen LogP contribution in [-0.4, -0.2) is 38.8 Å². The number of carbonyl (C=O) groups is 1. The lowest BCUT2D eigenvalue weighted by atomic mass is 9.98. The maximum atomic E-state index is 12.9. The van der Waals surface area contributed by atoms with Gasteiger partial charge < -0.3 is 10.1 Å². The lowest BCUT2D eigenvalue weighted by Gasteiger charge is -2.31. The minimum Gasteiger partial charge on any atom is -0.495 e. The number of para-hydroxylation sites is 2. The molecule has 1 N–H and O–H groups in total. The molecule has 8 heteroatoms. The number of halogens is 1. The van der Waals surface area contributed by atoms with E-state index < -0.39 is 15.9 Å². The molecular weight excluding hydrogens is 388 g/mol. The molecule has 1 amide bonds. The SMILES string of the molecule is COc1ccccc1NC(=O)[C@H]1CCCN(S(=O)(=O)c2ccc(Cl)cc2)C1. The van der Waals surface area contributed by atoms with Crippen LogP contribution < -0.4 is 10.1 Å². The molecule has 0 bridgehead atoms. The van der Waals surface area contributed by atoms with Crippen molar-refractivity contribution in [3.8, 4) is 5.75 Å². The Bertz CT molecular complexity index is 916. The van der Waals surface area contributed by atoms with E-state index in [2.05, 4.69) is 5.32 Å². The fraction of sp³-hybridized carbons (Fsp3) is 0.316. The summed E-state index contributed by atoms with van der Waals surface area (Å²) < 4.78 is 32.3. The Morgan fingerprint density at radius 2 is 1.89 bits per heavy atom. The summed E-state index contributed by atoms with van der Waals surface area (Å²) in [5, 5.41) is 3.32. The van der Waals surface area contributed by atoms with Crippen LogP contribution in [0.15, 0.2) is 53.4 Å². The molecule has 0 radical (unpaired) electrons. The number of carbonyl (C=O) groups excluding carboxylic acids is 1. The molecule has 0 saturated carbocycles. The van der Waals surface area contributed by atoms with Gasteiger partial charge in [0.25, 0.3) is 0 Å². The van der Waals surface area contributed by atoms with Crippen molar-refractivity contribution < 1.29 is 17.9 Å². The summed E-state index contributed by atoms with van der Waals surface area (Å²) in [7, 11) is -2.13. The Hall–Kier alpha value is -2.09. The summed E-state index contributed by atoms with van der Waals surface area (Å²) in [5.41, 5.74) is 0.572. The zero-order chi connectivity index (χ0) is 19.4. The predicted molar refractivity (Wildman–Crippen MR) is 105 cm³/mol. The van der Waals surface area contributed by atoms with E-state index in [1.54, 1.807) is 30.3 Å². The minimum absolute atomic E-state index is 0.145. The second-order valence-electron chi connectivity index (χ2n) is 6.35. The number of amides is 1. The van der Waals surface area contributed by atoms with Crippen LogP contribution in [0.5, 0.6) is 5.75 Å². The molecule has 2 aromatic rings. The van der Waals surface area contributed by atoms with Crippen molar-refractivity contribution in [3.63, 3.8) is 0 Å². The van der Waals surface area contributed by atoms with Crippen LogP contribution in [0.3, 0.4) is 0 Å². The molecule has 1 aliphatic rings. The maximum absolute atomic E-state index is 12.9. The van der Waals surface area contributed by atoms with Crippen LogP contribution in [0, 0.1) is 5.92 Å². The quantitative estimate of drug-likeness (QED) is 0.822. The van der Waals surface area contributed by atoms with Crippen molar-refractivity contribution in [2.75, 3.05) is 25.5 Å². The highest BCUT2D eigenvalue weighted by atomic mass is 35.5. The Labute approximate surface area is 164 Å². The van der Waals surface area contributed by atoms with Gasteiger partial charge in [0.15, 0.2) is 0 Å². The lowest BCUT2D eigenvalue weighted by Crippen LogP contribution is -2.43. The summed E-state index contributed by atoms with van der Waals surface area (Å²) in [4.78, 5) is 12.9. The molecule has 1 heterocycles. The fourth-order valence-electron chi connectivity index (χ4n) is 3.11. The summed E-state index contributed by atoms with van der Waals surface area (Å²) in [5.74, 6) is -0.0754. The third-order valence-corrected chi connectivity index (χ3v) is 6.70. The second-order valence-corrected chi connectivity index (χ2v) is 8.72. The van der Waals surface area contributed by atoms with E-state index in [9.17, 15) is 13.2 Å². The van der Waals surface area contributed by atoms with E-state index in [4.69, 9.17) is 16.3 Å².